The van der Waals surface area contributed by atoms with E-state index in [9.17, 15) is 0 Å². The Morgan fingerprint density at radius 2 is 0.711 bits per heavy atom. The molecule has 0 atom stereocenters. The van der Waals surface area contributed by atoms with Gasteiger partial charge in [-0.3, -0.25) is 0 Å². The van der Waals surface area contributed by atoms with Gasteiger partial charge < -0.3 is 24.4 Å². The maximum Gasteiger partial charge on any atom is 0.0724 e. The van der Waals surface area contributed by atoms with Gasteiger partial charge in [0.2, 0.25) is 0 Å². The Labute approximate surface area is 228 Å². The number of hydrogen-bond donors (Lipinski definition) is 2. The molecular formula is C33H44O5. The summed E-state index contributed by atoms with van der Waals surface area (Å²) in [6.07, 6.45) is 0.854. The minimum atomic E-state index is 0.0302. The third-order valence-electron chi connectivity index (χ3n) is 7.27. The molecule has 3 aromatic carbocycles. The van der Waals surface area contributed by atoms with Crippen molar-refractivity contribution in [1.29, 1.82) is 0 Å². The van der Waals surface area contributed by atoms with E-state index in [1.165, 1.54) is 55.6 Å². The fraction of sp³-hybridized carbons (Fsp3) is 0.455. The van der Waals surface area contributed by atoms with Gasteiger partial charge >= 0.3 is 0 Å². The molecule has 0 aliphatic carbocycles. The van der Waals surface area contributed by atoms with Crippen molar-refractivity contribution >= 4 is 0 Å². The highest BCUT2D eigenvalue weighted by molar-refractivity contribution is 5.44. The fourth-order valence-corrected chi connectivity index (χ4v) is 4.82. The topological polar surface area (TPSA) is 68.2 Å². The second kappa shape index (κ2) is 14.6. The van der Waals surface area contributed by atoms with Gasteiger partial charge in [0, 0.05) is 0 Å². The molecule has 0 aliphatic rings. The van der Waals surface area contributed by atoms with Crippen LogP contribution in [0.3, 0.4) is 0 Å². The first-order chi connectivity index (χ1) is 18.2. The van der Waals surface area contributed by atoms with E-state index in [0.29, 0.717) is 39.6 Å². The molecule has 0 saturated carbocycles. The smallest absolute Gasteiger partial charge is 0.0724 e. The molecule has 0 spiro atoms. The van der Waals surface area contributed by atoms with Crippen LogP contribution in [0.25, 0.3) is 0 Å². The van der Waals surface area contributed by atoms with Crippen LogP contribution < -0.4 is 0 Å². The molecule has 0 heterocycles. The molecule has 0 aliphatic heterocycles. The molecule has 5 nitrogen and oxygen atoms in total. The van der Waals surface area contributed by atoms with Gasteiger partial charge in [-0.15, -0.1) is 0 Å². The Bertz CT molecular complexity index is 1210. The Kier molecular flexibility index (Phi) is 11.5. The molecule has 0 fully saturated rings. The van der Waals surface area contributed by atoms with Gasteiger partial charge in [-0.2, -0.15) is 0 Å². The summed E-state index contributed by atoms with van der Waals surface area (Å²) < 4.78 is 17.4. The highest BCUT2D eigenvalue weighted by Gasteiger charge is 2.11. The predicted octanol–water partition coefficient (Wildman–Crippen LogP) is 5.86. The Hall–Kier alpha value is -2.54. The normalized spacial score (nSPS) is 11.4. The zero-order chi connectivity index (χ0) is 27.7. The molecule has 3 aromatic rings. The lowest BCUT2D eigenvalue weighted by atomic mass is 9.91. The van der Waals surface area contributed by atoms with Crippen molar-refractivity contribution in [3.63, 3.8) is 0 Å². The number of aryl methyl sites for hydroxylation is 6. The summed E-state index contributed by atoms with van der Waals surface area (Å²) in [6, 6.07) is 13.4. The van der Waals surface area contributed by atoms with Gasteiger partial charge in [0.15, 0.2) is 0 Å². The third kappa shape index (κ3) is 8.23. The van der Waals surface area contributed by atoms with E-state index in [0.717, 1.165) is 17.5 Å². The number of hydrogen-bond acceptors (Lipinski definition) is 5. The van der Waals surface area contributed by atoms with Crippen molar-refractivity contribution in [3.05, 3.63) is 103 Å². The van der Waals surface area contributed by atoms with Gasteiger partial charge in [-0.25, -0.2) is 0 Å². The number of ether oxygens (including phenoxy) is 3. The summed E-state index contributed by atoms with van der Waals surface area (Å²) in [7, 11) is 0. The molecule has 0 bridgehead atoms. The summed E-state index contributed by atoms with van der Waals surface area (Å²) in [5, 5.41) is 18.0. The van der Waals surface area contributed by atoms with E-state index in [4.69, 9.17) is 24.4 Å². The number of benzene rings is 3. The standard InChI is InChI=1S/C33H44O5/c1-22-11-24(3)30(18-36-9-7-34)15-28(22)14-29-16-31(25(4)12-23(29)2)20-38-21-33-17-32(19-37-10-8-35)26(5)13-27(33)6/h11-13,15-17,34-35H,7-10,14,18-21H2,1-6H3. The van der Waals surface area contributed by atoms with Crippen molar-refractivity contribution in [3.8, 4) is 0 Å². The van der Waals surface area contributed by atoms with Crippen LogP contribution in [-0.2, 0) is 47.1 Å². The predicted molar refractivity (Wildman–Crippen MR) is 153 cm³/mol. The SMILES string of the molecule is Cc1cc(C)c(COCc2cc(Cc3cc(COCCO)c(C)cc3C)c(C)cc2C)cc1COCCO. The van der Waals surface area contributed by atoms with E-state index >= 15 is 0 Å². The van der Waals surface area contributed by atoms with Gasteiger partial charge in [-0.05, 0) is 115 Å². The summed E-state index contributed by atoms with van der Waals surface area (Å²) in [4.78, 5) is 0. The lowest BCUT2D eigenvalue weighted by Crippen LogP contribution is -2.05. The van der Waals surface area contributed by atoms with Crippen molar-refractivity contribution in [2.24, 2.45) is 0 Å². The molecule has 2 N–H and O–H groups in total. The molecule has 206 valence electrons. The minimum Gasteiger partial charge on any atom is -0.394 e. The monoisotopic (exact) mass is 520 g/mol. The summed E-state index contributed by atoms with van der Waals surface area (Å²) >= 11 is 0. The summed E-state index contributed by atoms with van der Waals surface area (Å²) in [5.74, 6) is 0. The van der Waals surface area contributed by atoms with Crippen LogP contribution in [0, 0.1) is 41.5 Å². The first-order valence-electron chi connectivity index (χ1n) is 13.4. The first kappa shape index (κ1) is 30.0. The van der Waals surface area contributed by atoms with Crippen LogP contribution in [0.2, 0.25) is 0 Å². The molecule has 3 rings (SSSR count). The average Bonchev–Trinajstić information content (AvgIpc) is 2.86. The van der Waals surface area contributed by atoms with E-state index < -0.39 is 0 Å². The molecule has 38 heavy (non-hydrogen) atoms. The highest BCUT2D eigenvalue weighted by atomic mass is 16.5. The van der Waals surface area contributed by atoms with Crippen molar-refractivity contribution in [1.82, 2.24) is 0 Å². The minimum absolute atomic E-state index is 0.0302. The van der Waals surface area contributed by atoms with Crippen LogP contribution in [0.4, 0.5) is 0 Å². The zero-order valence-electron chi connectivity index (χ0n) is 23.9. The van der Waals surface area contributed by atoms with Crippen LogP contribution in [0.5, 0.6) is 0 Å². The summed E-state index contributed by atoms with van der Waals surface area (Å²) in [5.41, 5.74) is 14.7. The largest absolute Gasteiger partial charge is 0.394 e. The number of rotatable bonds is 14. The van der Waals surface area contributed by atoms with Crippen LogP contribution in [0.1, 0.15) is 66.8 Å². The summed E-state index contributed by atoms with van der Waals surface area (Å²) in [6.45, 7) is 15.7. The highest BCUT2D eigenvalue weighted by Crippen LogP contribution is 2.25. The van der Waals surface area contributed by atoms with Crippen LogP contribution in [-0.4, -0.2) is 36.6 Å². The molecule has 5 heteroatoms. The Morgan fingerprint density at radius 1 is 0.421 bits per heavy atom. The maximum absolute atomic E-state index is 9.04. The van der Waals surface area contributed by atoms with Gasteiger partial charge in [0.05, 0.1) is 52.9 Å². The fourth-order valence-electron chi connectivity index (χ4n) is 4.82. The maximum atomic E-state index is 9.04. The number of aliphatic hydroxyl groups is 2. The first-order valence-corrected chi connectivity index (χ1v) is 13.4. The Balaban J connectivity index is 1.72. The van der Waals surface area contributed by atoms with Crippen LogP contribution in [0.15, 0.2) is 36.4 Å². The van der Waals surface area contributed by atoms with Gasteiger partial charge in [-0.1, -0.05) is 36.4 Å². The van der Waals surface area contributed by atoms with Gasteiger partial charge in [0.1, 0.15) is 0 Å². The number of aliphatic hydroxyl groups excluding tert-OH is 2. The van der Waals surface area contributed by atoms with Crippen molar-refractivity contribution in [2.45, 2.75) is 74.4 Å². The quantitative estimate of drug-likeness (QED) is 0.261. The average molecular weight is 521 g/mol. The van der Waals surface area contributed by atoms with E-state index in [1.54, 1.807) is 0 Å². The third-order valence-corrected chi connectivity index (χ3v) is 7.27. The second-order valence-electron chi connectivity index (χ2n) is 10.3. The molecule has 0 aromatic heterocycles. The van der Waals surface area contributed by atoms with E-state index in [1.807, 2.05) is 0 Å². The Morgan fingerprint density at radius 3 is 1.05 bits per heavy atom. The zero-order valence-corrected chi connectivity index (χ0v) is 23.9. The molecule has 0 unspecified atom stereocenters. The molecule has 0 saturated heterocycles. The van der Waals surface area contributed by atoms with Crippen molar-refractivity contribution < 1.29 is 24.4 Å². The molecule has 0 radical (unpaired) electrons. The van der Waals surface area contributed by atoms with E-state index in [2.05, 4.69) is 77.9 Å². The van der Waals surface area contributed by atoms with Crippen molar-refractivity contribution in [2.75, 3.05) is 26.4 Å². The second-order valence-corrected chi connectivity index (χ2v) is 10.3. The van der Waals surface area contributed by atoms with E-state index in [-0.39, 0.29) is 13.2 Å². The molecule has 0 amide bonds. The van der Waals surface area contributed by atoms with Crippen LogP contribution >= 0.6 is 0 Å². The lowest BCUT2D eigenvalue weighted by Gasteiger charge is -2.17. The lowest BCUT2D eigenvalue weighted by molar-refractivity contribution is 0.0808. The van der Waals surface area contributed by atoms with Gasteiger partial charge in [0.25, 0.3) is 0 Å². The molecular weight excluding hydrogens is 476 g/mol.